The maximum absolute atomic E-state index is 10.4. The van der Waals surface area contributed by atoms with E-state index < -0.39 is 17.0 Å². The zero-order chi connectivity index (χ0) is 13.5. The number of carbonyl (C=O) groups is 1. The third-order valence-corrected chi connectivity index (χ3v) is 2.49. The van der Waals surface area contributed by atoms with Crippen molar-refractivity contribution in [2.75, 3.05) is 0 Å². The highest BCUT2D eigenvalue weighted by molar-refractivity contribution is 5.66. The first-order valence-corrected chi connectivity index (χ1v) is 5.29. The van der Waals surface area contributed by atoms with Crippen LogP contribution in [0, 0.1) is 22.7 Å². The summed E-state index contributed by atoms with van der Waals surface area (Å²) in [5.74, 6) is -0.986. The van der Waals surface area contributed by atoms with Gasteiger partial charge in [0.2, 0.25) is 0 Å². The average Bonchev–Trinajstić information content (AvgIpc) is 2.33. The zero-order valence-electron chi connectivity index (χ0n) is 10.3. The Morgan fingerprint density at radius 3 is 2.06 bits per heavy atom. The van der Waals surface area contributed by atoms with Crippen molar-refractivity contribution in [3.05, 3.63) is 0 Å². The van der Waals surface area contributed by atoms with Crippen molar-refractivity contribution in [3.8, 4) is 12.1 Å². The normalized spacial score (nSPS) is 17.7. The summed E-state index contributed by atoms with van der Waals surface area (Å²) in [4.78, 5) is 10.4. The molecule has 0 bridgehead atoms. The highest BCUT2D eigenvalue weighted by Gasteiger charge is 2.27. The summed E-state index contributed by atoms with van der Waals surface area (Å²) >= 11 is 0. The Kier molecular flexibility index (Phi) is 5.27. The Morgan fingerprint density at radius 2 is 1.71 bits per heavy atom. The molecule has 0 aromatic carbocycles. The van der Waals surface area contributed by atoms with E-state index >= 15 is 0 Å². The fourth-order valence-corrected chi connectivity index (χ4v) is 0.871. The number of hydrogen-bond acceptors (Lipinski definition) is 5. The van der Waals surface area contributed by atoms with Gasteiger partial charge < -0.3 is 5.11 Å². The SMILES string of the molecule is CCC(C)(C#N)N=NC(C)(C#N)CCC(=O)O. The lowest BCUT2D eigenvalue weighted by Crippen LogP contribution is -2.23. The largest absolute Gasteiger partial charge is 0.481 e. The van der Waals surface area contributed by atoms with E-state index in [1.807, 2.05) is 12.1 Å². The average molecular weight is 236 g/mol. The summed E-state index contributed by atoms with van der Waals surface area (Å²) in [5, 5.41) is 34.1. The van der Waals surface area contributed by atoms with Crippen molar-refractivity contribution in [2.45, 2.75) is 51.1 Å². The molecule has 6 nitrogen and oxygen atoms in total. The van der Waals surface area contributed by atoms with Crippen LogP contribution in [0.2, 0.25) is 0 Å². The second-order valence-corrected chi connectivity index (χ2v) is 4.22. The Balaban J connectivity index is 4.81. The molecule has 0 radical (unpaired) electrons. The van der Waals surface area contributed by atoms with Crippen LogP contribution in [0.4, 0.5) is 0 Å². The fraction of sp³-hybridized carbons (Fsp3) is 0.727. The molecule has 0 aromatic rings. The standard InChI is InChI=1S/C11H16N4O2/c1-4-10(2,7-12)14-15-11(3,8-13)6-5-9(16)17/h4-6H2,1-3H3,(H,16,17). The summed E-state index contributed by atoms with van der Waals surface area (Å²) in [6.45, 7) is 4.92. The molecule has 0 saturated heterocycles. The number of hydrogen-bond donors (Lipinski definition) is 1. The zero-order valence-corrected chi connectivity index (χ0v) is 10.3. The molecule has 2 unspecified atom stereocenters. The van der Waals surface area contributed by atoms with Crippen LogP contribution in [0.15, 0.2) is 10.2 Å². The molecule has 0 amide bonds. The van der Waals surface area contributed by atoms with Gasteiger partial charge >= 0.3 is 5.97 Å². The topological polar surface area (TPSA) is 110 Å². The molecule has 0 heterocycles. The molecule has 2 atom stereocenters. The second kappa shape index (κ2) is 5.95. The van der Waals surface area contributed by atoms with Crippen molar-refractivity contribution >= 4 is 5.97 Å². The lowest BCUT2D eigenvalue weighted by molar-refractivity contribution is -0.137. The van der Waals surface area contributed by atoms with Gasteiger partial charge in [-0.3, -0.25) is 4.79 Å². The van der Waals surface area contributed by atoms with E-state index in [0.717, 1.165) is 0 Å². The molecule has 17 heavy (non-hydrogen) atoms. The predicted molar refractivity (Wildman–Crippen MR) is 60.1 cm³/mol. The maximum atomic E-state index is 10.4. The van der Waals surface area contributed by atoms with Crippen LogP contribution in [0.3, 0.4) is 0 Å². The van der Waals surface area contributed by atoms with Gasteiger partial charge in [0.15, 0.2) is 11.1 Å². The molecular weight excluding hydrogens is 220 g/mol. The number of azo groups is 1. The lowest BCUT2D eigenvalue weighted by atomic mass is 9.99. The van der Waals surface area contributed by atoms with Gasteiger partial charge in [-0.05, 0) is 26.7 Å². The van der Waals surface area contributed by atoms with E-state index in [9.17, 15) is 4.79 Å². The van der Waals surface area contributed by atoms with E-state index in [2.05, 4.69) is 10.2 Å². The molecule has 92 valence electrons. The quantitative estimate of drug-likeness (QED) is 0.713. The molecule has 0 aromatic heterocycles. The van der Waals surface area contributed by atoms with Gasteiger partial charge in [0.05, 0.1) is 12.1 Å². The monoisotopic (exact) mass is 236 g/mol. The van der Waals surface area contributed by atoms with Crippen molar-refractivity contribution < 1.29 is 9.90 Å². The Hall–Kier alpha value is -1.95. The second-order valence-electron chi connectivity index (χ2n) is 4.22. The van der Waals surface area contributed by atoms with E-state index in [4.69, 9.17) is 15.6 Å². The number of carboxylic acids is 1. The molecule has 6 heteroatoms. The van der Waals surface area contributed by atoms with E-state index in [-0.39, 0.29) is 12.8 Å². The van der Waals surface area contributed by atoms with Gasteiger partial charge in [-0.1, -0.05) is 6.92 Å². The molecule has 0 saturated carbocycles. The van der Waals surface area contributed by atoms with E-state index in [1.54, 1.807) is 13.8 Å². The van der Waals surface area contributed by atoms with Crippen LogP contribution in [-0.2, 0) is 4.79 Å². The number of carboxylic acid groups (broad SMARTS) is 1. The Labute approximate surface area is 101 Å². The van der Waals surface area contributed by atoms with E-state index in [0.29, 0.717) is 6.42 Å². The molecule has 0 aliphatic carbocycles. The minimum absolute atomic E-state index is 0.0769. The first kappa shape index (κ1) is 15.0. The third kappa shape index (κ3) is 5.07. The van der Waals surface area contributed by atoms with Crippen LogP contribution in [-0.4, -0.2) is 22.2 Å². The summed E-state index contributed by atoms with van der Waals surface area (Å²) in [5.41, 5.74) is -2.15. The van der Waals surface area contributed by atoms with Gasteiger partial charge in [0, 0.05) is 6.42 Å². The van der Waals surface area contributed by atoms with Crippen LogP contribution in [0.25, 0.3) is 0 Å². The number of aliphatic carboxylic acids is 1. The number of nitriles is 2. The van der Waals surface area contributed by atoms with Gasteiger partial charge in [-0.15, -0.1) is 0 Å². The molecule has 1 N–H and O–H groups in total. The molecule has 0 fully saturated rings. The van der Waals surface area contributed by atoms with Crippen molar-refractivity contribution in [1.29, 1.82) is 10.5 Å². The molecular formula is C11H16N4O2. The predicted octanol–water partition coefficient (Wildman–Crippen LogP) is 2.28. The molecule has 0 aliphatic heterocycles. The summed E-state index contributed by atoms with van der Waals surface area (Å²) in [6, 6.07) is 3.92. The first-order chi connectivity index (χ1) is 7.81. The van der Waals surface area contributed by atoms with Crippen LogP contribution in [0.1, 0.15) is 40.0 Å². The lowest BCUT2D eigenvalue weighted by Gasteiger charge is -2.17. The van der Waals surface area contributed by atoms with Crippen molar-refractivity contribution in [3.63, 3.8) is 0 Å². The first-order valence-electron chi connectivity index (χ1n) is 5.29. The molecule has 0 spiro atoms. The van der Waals surface area contributed by atoms with Gasteiger partial charge in [-0.2, -0.15) is 20.8 Å². The van der Waals surface area contributed by atoms with Gasteiger partial charge in [0.25, 0.3) is 0 Å². The fourth-order valence-electron chi connectivity index (χ4n) is 0.871. The summed E-state index contributed by atoms with van der Waals surface area (Å²) < 4.78 is 0. The highest BCUT2D eigenvalue weighted by atomic mass is 16.4. The van der Waals surface area contributed by atoms with Crippen molar-refractivity contribution in [1.82, 2.24) is 0 Å². The minimum atomic E-state index is -1.19. The molecule has 0 aliphatic rings. The number of nitrogens with zero attached hydrogens (tertiary/aromatic N) is 4. The van der Waals surface area contributed by atoms with Gasteiger partial charge in [0.1, 0.15) is 0 Å². The van der Waals surface area contributed by atoms with Crippen LogP contribution < -0.4 is 0 Å². The minimum Gasteiger partial charge on any atom is -0.481 e. The highest BCUT2D eigenvalue weighted by Crippen LogP contribution is 2.21. The van der Waals surface area contributed by atoms with Crippen LogP contribution in [0.5, 0.6) is 0 Å². The van der Waals surface area contributed by atoms with Gasteiger partial charge in [-0.25, -0.2) is 0 Å². The van der Waals surface area contributed by atoms with E-state index in [1.165, 1.54) is 6.92 Å². The van der Waals surface area contributed by atoms with Crippen molar-refractivity contribution in [2.24, 2.45) is 10.2 Å². The Bertz CT molecular complexity index is 393. The molecule has 0 rings (SSSR count). The third-order valence-electron chi connectivity index (χ3n) is 2.49. The van der Waals surface area contributed by atoms with Crippen LogP contribution >= 0.6 is 0 Å². The smallest absolute Gasteiger partial charge is 0.303 e. The summed E-state index contributed by atoms with van der Waals surface area (Å²) in [7, 11) is 0. The summed E-state index contributed by atoms with van der Waals surface area (Å²) in [6.07, 6.45) is 0.402. The maximum Gasteiger partial charge on any atom is 0.303 e. The Morgan fingerprint density at radius 1 is 1.24 bits per heavy atom. The number of rotatable bonds is 6.